The number of carboxylic acids is 4. The van der Waals surface area contributed by atoms with Crippen LogP contribution >= 0.6 is 0 Å². The van der Waals surface area contributed by atoms with Gasteiger partial charge in [-0.3, -0.25) is 33.8 Å². The second kappa shape index (κ2) is 55.0. The number of H-pyrrole nitrogens is 4. The average molecular weight is 1590 g/mol. The Hall–Kier alpha value is -10.5. The van der Waals surface area contributed by atoms with Gasteiger partial charge in [0, 0.05) is 185 Å². The number of amides is 4. The van der Waals surface area contributed by atoms with Crippen molar-refractivity contribution in [1.82, 2.24) is 71.8 Å². The number of benzene rings is 4. The molecule has 0 fully saturated rings. The van der Waals surface area contributed by atoms with Gasteiger partial charge in [-0.25, -0.2) is 29.5 Å². The summed E-state index contributed by atoms with van der Waals surface area (Å²) in [7, 11) is 0. The fourth-order valence-electron chi connectivity index (χ4n) is 9.32. The molecule has 4 aromatic carbocycles. The number of hydrogen-bond donors (Lipinski definition) is 21. The van der Waals surface area contributed by atoms with E-state index >= 15 is 0 Å². The number of aromatic hydroxyl groups is 8. The smallest absolute Gasteiger partial charge is 0.662 e. The number of imidazole rings is 4. The van der Waals surface area contributed by atoms with Gasteiger partial charge < -0.3 is 139 Å². The molecule has 40 nitrogen and oxygen atoms in total. The van der Waals surface area contributed by atoms with Gasteiger partial charge in [0.25, 0.3) is 6.47 Å². The van der Waals surface area contributed by atoms with Crippen molar-refractivity contribution < 1.29 is 211 Å². The third kappa shape index (κ3) is 39.9. The van der Waals surface area contributed by atoms with Crippen molar-refractivity contribution in [2.45, 2.75) is 115 Å². The summed E-state index contributed by atoms with van der Waals surface area (Å²) < 4.78 is 0. The second-order valence-electron chi connectivity index (χ2n) is 23.2. The molecule has 43 heteroatoms. The van der Waals surface area contributed by atoms with Gasteiger partial charge in [0.2, 0.25) is 23.6 Å². The first-order valence-electron chi connectivity index (χ1n) is 32.7. The molecular formula is C69H88N16Na3O24+. The minimum absolute atomic E-state index is 0. The van der Waals surface area contributed by atoms with E-state index in [0.717, 1.165) is 6.07 Å². The van der Waals surface area contributed by atoms with Crippen molar-refractivity contribution in [3.05, 3.63) is 168 Å². The number of rotatable bonds is 34. The topological polar surface area (TPSA) is 677 Å². The van der Waals surface area contributed by atoms with Crippen LogP contribution in [0, 0.1) is 0 Å². The van der Waals surface area contributed by atoms with E-state index in [1.165, 1.54) is 112 Å². The molecule has 8 aromatic rings. The van der Waals surface area contributed by atoms with Crippen LogP contribution in [0.2, 0.25) is 0 Å². The number of phenols is 8. The number of carbonyl (C=O) groups is 10. The molecular weight excluding hydrogens is 1510 g/mol. The third-order valence-electron chi connectivity index (χ3n) is 14.8. The number of nitrogens with two attached hydrogens (primary N) is 1. The summed E-state index contributed by atoms with van der Waals surface area (Å²) in [4.78, 5) is 144. The zero-order valence-electron chi connectivity index (χ0n) is 63.1. The zero-order chi connectivity index (χ0) is 81.1. The predicted octanol–water partition coefficient (Wildman–Crippen LogP) is -10.5. The van der Waals surface area contributed by atoms with Crippen molar-refractivity contribution in [2.75, 3.05) is 26.2 Å². The molecule has 0 aliphatic rings. The second-order valence-corrected chi connectivity index (χ2v) is 23.2. The maximum absolute atomic E-state index is 12.0. The van der Waals surface area contributed by atoms with Gasteiger partial charge in [0.05, 0.1) is 54.9 Å². The Morgan fingerprint density at radius 1 is 0.500 bits per heavy atom. The normalized spacial score (nSPS) is 11.9. The Bertz CT molecular complexity index is 4110. The van der Waals surface area contributed by atoms with Gasteiger partial charge in [0.15, 0.2) is 5.78 Å². The summed E-state index contributed by atoms with van der Waals surface area (Å²) >= 11 is 0. The van der Waals surface area contributed by atoms with E-state index in [4.69, 9.17) is 31.1 Å². The molecule has 0 aliphatic heterocycles. The van der Waals surface area contributed by atoms with Crippen LogP contribution in [0.3, 0.4) is 0 Å². The van der Waals surface area contributed by atoms with Crippen LogP contribution < -0.4 is 142 Å². The van der Waals surface area contributed by atoms with Crippen molar-refractivity contribution in [3.63, 3.8) is 0 Å². The summed E-state index contributed by atoms with van der Waals surface area (Å²) in [5.41, 5.74) is 9.93. The molecule has 4 aromatic heterocycles. The van der Waals surface area contributed by atoms with Crippen molar-refractivity contribution >= 4 is 65.5 Å². The Labute approximate surface area is 708 Å². The predicted molar refractivity (Wildman–Crippen MR) is 379 cm³/mol. The van der Waals surface area contributed by atoms with Crippen LogP contribution in [-0.4, -0.2) is 207 Å². The van der Waals surface area contributed by atoms with E-state index in [-0.39, 0.29) is 244 Å². The maximum Gasteiger partial charge on any atom is 1.00 e. The standard InChI is InChI=1S/2C17H22N4O5.C17H20N4O5.C9H14N4O3.C8H8O3.CH2O3.3Na.H2/c3*1-10(13-3-2-12(22)7-15(13)23)19-5-4-16(24)21-14(17(25)26)6-11-8-18-9-20-11;10-2-1-8(14)13-7(9(15)16)3-6-4-11-5-12-6;1-5(9)7-3-2-6(10)4-8(7)11;2-1-4-3;;;;/h2*2-3,7-10,14,19,22-23H,4-6H2,1H3,(H,18,20)(H,21,24)(H,25,26);2-3,7-9,14,22-23H,4-6H2,1H3,(H,18,20)(H,21,24)(H,25,26);4-5,7H,1-3,10H2,(H,11,12)(H,13,14)(H,15,16);2-4,10-11H,1H3;1,3H;;;;1H/q;;;;;;3*+1;/p-2. The van der Waals surface area contributed by atoms with Gasteiger partial charge in [-0.15, -0.1) is 0 Å². The summed E-state index contributed by atoms with van der Waals surface area (Å²) in [5.74, 6) is -7.44. The molecule has 8 rings (SSSR count). The maximum atomic E-state index is 12.0. The molecule has 590 valence electrons. The van der Waals surface area contributed by atoms with E-state index in [2.05, 4.69) is 81.7 Å². The zero-order valence-corrected chi connectivity index (χ0v) is 68.1. The molecule has 4 amide bonds. The van der Waals surface area contributed by atoms with Gasteiger partial charge >= 0.3 is 102 Å². The van der Waals surface area contributed by atoms with Gasteiger partial charge in [-0.05, 0) is 64.1 Å². The van der Waals surface area contributed by atoms with E-state index in [1.807, 2.05) is 6.92 Å². The molecule has 22 N–H and O–H groups in total. The number of nitrogens with one attached hydrogen (secondary N) is 10. The van der Waals surface area contributed by atoms with E-state index in [1.54, 1.807) is 26.0 Å². The molecule has 112 heavy (non-hydrogen) atoms. The van der Waals surface area contributed by atoms with Crippen LogP contribution in [0.4, 0.5) is 0 Å². The summed E-state index contributed by atoms with van der Waals surface area (Å²) in [6, 6.07) is 11.7. The number of aliphatic imine (C=N–C) groups is 1. The van der Waals surface area contributed by atoms with Crippen LogP contribution in [0.15, 0.2) is 128 Å². The van der Waals surface area contributed by atoms with Crippen molar-refractivity contribution in [3.8, 4) is 46.0 Å². The molecule has 0 bridgehead atoms. The van der Waals surface area contributed by atoms with Gasteiger partial charge in [-0.1, -0.05) is 12.1 Å². The molecule has 0 saturated carbocycles. The SMILES string of the molecule is CC(=NCCC(=O)NC(Cc1cnc[nH]1)C(=O)[O-])c1ccc(O)cc1O.CC(=O)c1ccc(O)cc1O.CC(NCCC(=O)NC(Cc1cnc[nH]1)C(=O)O)c1ccc(O)cc1O.CC(NCCC(=O)NC(Cc1cnc[nH]1)C(=O)[O-])c1ccc(O)cc1O.NCCC(=O)NC(Cc1cnc[nH]1)C(=O)O.O=CO[O-].[H+].[HH].[Na+].[Na+].[Na+]. The minimum Gasteiger partial charge on any atom is -0.662 e. The number of phenolic OH excluding ortho intramolecular Hbond substituents is 8. The Morgan fingerprint density at radius 3 is 1.09 bits per heavy atom. The molecule has 0 saturated heterocycles. The largest absolute Gasteiger partial charge is 1.00 e. The average Bonchev–Trinajstić information content (AvgIpc) is 0.935. The molecule has 6 atom stereocenters. The van der Waals surface area contributed by atoms with Gasteiger partial charge in [0.1, 0.15) is 58.1 Å². The van der Waals surface area contributed by atoms with E-state index < -0.39 is 65.8 Å². The quantitative estimate of drug-likeness (QED) is 0.00445. The summed E-state index contributed by atoms with van der Waals surface area (Å²) in [5, 5.41) is 140. The first-order valence-corrected chi connectivity index (χ1v) is 32.7. The number of Topliss-reactive ketones (excluding diaryl/α,β-unsaturated/α-hetero) is 1. The number of carbonyl (C=O) groups excluding carboxylic acids is 8. The Balaban J connectivity index is -0.00000135. The summed E-state index contributed by atoms with van der Waals surface area (Å²) in [6.07, 6.45) is 12.3. The fourth-order valence-corrected chi connectivity index (χ4v) is 9.32. The fraction of sp³-hybridized carbons (Fsp3) is 0.319. The molecule has 4 heterocycles. The van der Waals surface area contributed by atoms with Crippen LogP contribution in [0.25, 0.3) is 0 Å². The van der Waals surface area contributed by atoms with Crippen LogP contribution in [0.5, 0.6) is 46.0 Å². The first kappa shape index (κ1) is 102. The molecule has 0 radical (unpaired) electrons. The number of ketones is 1. The van der Waals surface area contributed by atoms with Crippen molar-refractivity contribution in [2.24, 2.45) is 10.7 Å². The summed E-state index contributed by atoms with van der Waals surface area (Å²) in [6.45, 7) is 7.32. The van der Waals surface area contributed by atoms with Gasteiger partial charge in [-0.2, -0.15) is 0 Å². The molecule has 6 unspecified atom stereocenters. The molecule has 0 aliphatic carbocycles. The van der Waals surface area contributed by atoms with E-state index in [9.17, 15) is 89.1 Å². The van der Waals surface area contributed by atoms with E-state index in [0.29, 0.717) is 51.7 Å². The number of hydrogen-bond acceptors (Lipinski definition) is 30. The monoisotopic (exact) mass is 1590 g/mol. The third-order valence-corrected chi connectivity index (χ3v) is 14.8. The first-order chi connectivity index (χ1) is 51.7. The minimum atomic E-state index is -1.39. The number of aromatic nitrogens is 8. The Morgan fingerprint density at radius 2 is 0.804 bits per heavy atom. The van der Waals surface area contributed by atoms with Crippen LogP contribution in [-0.2, 0) is 73.7 Å². The molecule has 0 spiro atoms. The number of carboxylic acid groups (broad SMARTS) is 4. The number of nitrogens with zero attached hydrogens (tertiary/aromatic N) is 5. The Kier molecular flexibility index (Phi) is 49.9. The number of aliphatic carboxylic acids is 4. The van der Waals surface area contributed by atoms with Crippen LogP contribution in [0.1, 0.15) is 118 Å². The van der Waals surface area contributed by atoms with Crippen molar-refractivity contribution in [1.29, 1.82) is 0 Å². The number of aromatic amines is 4.